The lowest BCUT2D eigenvalue weighted by Gasteiger charge is -2.00. The van der Waals surface area contributed by atoms with Crippen LogP contribution in [0.25, 0.3) is 0 Å². The van der Waals surface area contributed by atoms with E-state index in [1.165, 1.54) is 0 Å². The topological polar surface area (TPSA) is 83.3 Å². The third-order valence-corrected chi connectivity index (χ3v) is 2.76. The molecule has 3 heterocycles. The molecule has 0 aromatic carbocycles. The molecule has 0 saturated heterocycles. The highest BCUT2D eigenvalue weighted by Crippen LogP contribution is 2.12. The number of furan rings is 1. The van der Waals surface area contributed by atoms with Crippen LogP contribution in [0.1, 0.15) is 27.8 Å². The SMILES string of the molecule is Cc1cc(COC(=O)c2ccc(Cn3cccn3)o2)on1. The molecule has 0 N–H and O–H groups in total. The lowest BCUT2D eigenvalue weighted by Crippen LogP contribution is -2.03. The van der Waals surface area contributed by atoms with Crippen LogP contribution in [0.2, 0.25) is 0 Å². The van der Waals surface area contributed by atoms with Crippen molar-refractivity contribution in [2.24, 2.45) is 0 Å². The summed E-state index contributed by atoms with van der Waals surface area (Å²) in [5, 5.41) is 7.78. The molecule has 7 nitrogen and oxygen atoms in total. The maximum atomic E-state index is 11.8. The van der Waals surface area contributed by atoms with E-state index in [0.717, 1.165) is 5.69 Å². The molecule has 0 fully saturated rings. The number of carbonyl (C=O) groups is 1. The number of nitrogens with zero attached hydrogens (tertiary/aromatic N) is 3. The highest BCUT2D eigenvalue weighted by Gasteiger charge is 2.14. The first-order chi connectivity index (χ1) is 10.2. The number of aromatic nitrogens is 3. The summed E-state index contributed by atoms with van der Waals surface area (Å²) in [4.78, 5) is 11.8. The fraction of sp³-hybridized carbons (Fsp3) is 0.214. The summed E-state index contributed by atoms with van der Waals surface area (Å²) in [7, 11) is 0. The van der Waals surface area contributed by atoms with Gasteiger partial charge in [0, 0.05) is 18.5 Å². The van der Waals surface area contributed by atoms with Crippen molar-refractivity contribution in [1.29, 1.82) is 0 Å². The molecule has 0 radical (unpaired) electrons. The van der Waals surface area contributed by atoms with Gasteiger partial charge in [0.2, 0.25) is 5.76 Å². The molecule has 3 aromatic rings. The van der Waals surface area contributed by atoms with Crippen molar-refractivity contribution < 1.29 is 18.5 Å². The second kappa shape index (κ2) is 5.66. The Balaban J connectivity index is 1.58. The van der Waals surface area contributed by atoms with Gasteiger partial charge >= 0.3 is 5.97 Å². The molecule has 0 aliphatic heterocycles. The predicted octanol–water partition coefficient (Wildman–Crippen LogP) is 2.18. The van der Waals surface area contributed by atoms with Gasteiger partial charge in [-0.2, -0.15) is 5.10 Å². The lowest BCUT2D eigenvalue weighted by molar-refractivity contribution is 0.0399. The van der Waals surface area contributed by atoms with Crippen LogP contribution in [0.15, 0.2) is 45.6 Å². The van der Waals surface area contributed by atoms with Crippen LogP contribution in [-0.2, 0) is 17.9 Å². The first-order valence-electron chi connectivity index (χ1n) is 6.36. The van der Waals surface area contributed by atoms with Gasteiger partial charge in [0.05, 0.1) is 12.2 Å². The Hall–Kier alpha value is -2.83. The first kappa shape index (κ1) is 13.2. The quantitative estimate of drug-likeness (QED) is 0.669. The van der Waals surface area contributed by atoms with Crippen molar-refractivity contribution in [3.8, 4) is 0 Å². The molecule has 3 rings (SSSR count). The van der Waals surface area contributed by atoms with E-state index in [9.17, 15) is 4.79 Å². The van der Waals surface area contributed by atoms with Gasteiger partial charge in [-0.15, -0.1) is 0 Å². The standard InChI is InChI=1S/C14H13N3O4/c1-10-7-12(21-16-10)9-19-14(18)13-4-3-11(20-13)8-17-6-2-5-15-17/h2-7H,8-9H2,1H3. The van der Waals surface area contributed by atoms with Crippen LogP contribution in [0, 0.1) is 6.92 Å². The average Bonchev–Trinajstić information content (AvgIpc) is 3.19. The summed E-state index contributed by atoms with van der Waals surface area (Å²) in [5.41, 5.74) is 0.737. The van der Waals surface area contributed by atoms with E-state index in [4.69, 9.17) is 13.7 Å². The van der Waals surface area contributed by atoms with E-state index in [1.54, 1.807) is 36.0 Å². The first-order valence-corrected chi connectivity index (χ1v) is 6.36. The summed E-state index contributed by atoms with van der Waals surface area (Å²) >= 11 is 0. The largest absolute Gasteiger partial charge is 0.452 e. The number of aryl methyl sites for hydroxylation is 1. The van der Waals surface area contributed by atoms with Crippen molar-refractivity contribution in [3.05, 3.63) is 59.6 Å². The van der Waals surface area contributed by atoms with Crippen LogP contribution in [0.4, 0.5) is 0 Å². The number of carbonyl (C=O) groups excluding carboxylic acids is 1. The number of ether oxygens (including phenoxy) is 1. The van der Waals surface area contributed by atoms with Gasteiger partial charge in [-0.1, -0.05) is 5.16 Å². The summed E-state index contributed by atoms with van der Waals surface area (Å²) in [6, 6.07) is 6.82. The van der Waals surface area contributed by atoms with Crippen molar-refractivity contribution in [1.82, 2.24) is 14.9 Å². The monoisotopic (exact) mass is 287 g/mol. The fourth-order valence-corrected chi connectivity index (χ4v) is 1.82. The maximum Gasteiger partial charge on any atom is 0.374 e. The molecular formula is C14H13N3O4. The molecule has 0 bridgehead atoms. The molecular weight excluding hydrogens is 274 g/mol. The Morgan fingerprint density at radius 3 is 3.00 bits per heavy atom. The van der Waals surface area contributed by atoms with Crippen molar-refractivity contribution in [3.63, 3.8) is 0 Å². The minimum Gasteiger partial charge on any atom is -0.452 e. The van der Waals surface area contributed by atoms with Crippen LogP contribution in [0.5, 0.6) is 0 Å². The summed E-state index contributed by atoms with van der Waals surface area (Å²) in [6.07, 6.45) is 3.49. The summed E-state index contributed by atoms with van der Waals surface area (Å²) in [6.45, 7) is 2.28. The van der Waals surface area contributed by atoms with E-state index in [0.29, 0.717) is 18.1 Å². The van der Waals surface area contributed by atoms with Crippen LogP contribution in [-0.4, -0.2) is 20.9 Å². The van der Waals surface area contributed by atoms with Crippen molar-refractivity contribution >= 4 is 5.97 Å². The zero-order valence-corrected chi connectivity index (χ0v) is 11.4. The maximum absolute atomic E-state index is 11.8. The van der Waals surface area contributed by atoms with Gasteiger partial charge in [0.1, 0.15) is 5.76 Å². The number of hydrogen-bond acceptors (Lipinski definition) is 6. The molecule has 3 aromatic heterocycles. The van der Waals surface area contributed by atoms with E-state index < -0.39 is 5.97 Å². The molecule has 0 spiro atoms. The predicted molar refractivity (Wildman–Crippen MR) is 70.4 cm³/mol. The molecule has 0 saturated carbocycles. The smallest absolute Gasteiger partial charge is 0.374 e. The minimum absolute atomic E-state index is 0.0227. The molecule has 108 valence electrons. The van der Waals surface area contributed by atoms with Crippen molar-refractivity contribution in [2.75, 3.05) is 0 Å². The molecule has 21 heavy (non-hydrogen) atoms. The van der Waals surface area contributed by atoms with E-state index in [-0.39, 0.29) is 12.4 Å². The summed E-state index contributed by atoms with van der Waals surface area (Å²) in [5.74, 6) is 0.717. The third-order valence-electron chi connectivity index (χ3n) is 2.76. The second-order valence-corrected chi connectivity index (χ2v) is 4.48. The lowest BCUT2D eigenvalue weighted by atomic mass is 10.4. The number of esters is 1. The molecule has 7 heteroatoms. The highest BCUT2D eigenvalue weighted by atomic mass is 16.6. The Morgan fingerprint density at radius 2 is 2.29 bits per heavy atom. The van der Waals surface area contributed by atoms with Gasteiger partial charge in [0.25, 0.3) is 0 Å². The van der Waals surface area contributed by atoms with Gasteiger partial charge in [-0.25, -0.2) is 4.79 Å². The Morgan fingerprint density at radius 1 is 1.38 bits per heavy atom. The molecule has 0 amide bonds. The van der Waals surface area contributed by atoms with Crippen LogP contribution in [0.3, 0.4) is 0 Å². The Bertz CT molecular complexity index is 727. The number of hydrogen-bond donors (Lipinski definition) is 0. The highest BCUT2D eigenvalue weighted by molar-refractivity contribution is 5.86. The van der Waals surface area contributed by atoms with Gasteiger partial charge in [-0.05, 0) is 25.1 Å². The molecule has 0 atom stereocenters. The van der Waals surface area contributed by atoms with E-state index >= 15 is 0 Å². The Kier molecular flexibility index (Phi) is 3.55. The van der Waals surface area contributed by atoms with Crippen molar-refractivity contribution in [2.45, 2.75) is 20.1 Å². The second-order valence-electron chi connectivity index (χ2n) is 4.48. The normalized spacial score (nSPS) is 10.7. The van der Waals surface area contributed by atoms with Gasteiger partial charge < -0.3 is 13.7 Å². The Labute approximate surface area is 120 Å². The average molecular weight is 287 g/mol. The third kappa shape index (κ3) is 3.19. The zero-order chi connectivity index (χ0) is 14.7. The minimum atomic E-state index is -0.546. The molecule has 0 aliphatic rings. The van der Waals surface area contributed by atoms with Gasteiger partial charge in [-0.3, -0.25) is 4.68 Å². The fourth-order valence-electron chi connectivity index (χ4n) is 1.82. The van der Waals surface area contributed by atoms with Crippen LogP contribution >= 0.6 is 0 Å². The molecule has 0 aliphatic carbocycles. The van der Waals surface area contributed by atoms with Crippen LogP contribution < -0.4 is 0 Å². The number of rotatable bonds is 5. The summed E-state index contributed by atoms with van der Waals surface area (Å²) < 4.78 is 17.2. The molecule has 0 unspecified atom stereocenters. The zero-order valence-electron chi connectivity index (χ0n) is 11.4. The van der Waals surface area contributed by atoms with Gasteiger partial charge in [0.15, 0.2) is 12.4 Å². The van der Waals surface area contributed by atoms with E-state index in [1.807, 2.05) is 12.3 Å². The van der Waals surface area contributed by atoms with E-state index in [2.05, 4.69) is 10.3 Å².